The van der Waals surface area contributed by atoms with Gasteiger partial charge in [-0.05, 0) is 18.1 Å². The predicted molar refractivity (Wildman–Crippen MR) is 71.1 cm³/mol. The third-order valence-corrected chi connectivity index (χ3v) is 3.35. The Hall–Kier alpha value is -1.64. The van der Waals surface area contributed by atoms with E-state index in [1.807, 2.05) is 25.1 Å². The standard InChI is InChI=1S/C16H16O2/c1-16(17-11-12-18-16)15-9-7-14(8-10-15)13-5-3-2-4-6-13/h2-10H,11-12H2,1H3. The number of hydrogen-bond acceptors (Lipinski definition) is 2. The van der Waals surface area contributed by atoms with Crippen molar-refractivity contribution < 1.29 is 9.47 Å². The first-order chi connectivity index (χ1) is 8.78. The van der Waals surface area contributed by atoms with Gasteiger partial charge in [0.15, 0.2) is 5.79 Å². The van der Waals surface area contributed by atoms with Gasteiger partial charge in [0.25, 0.3) is 0 Å². The molecule has 0 atom stereocenters. The summed E-state index contributed by atoms with van der Waals surface area (Å²) in [6.45, 7) is 3.30. The molecular formula is C16H16O2. The van der Waals surface area contributed by atoms with E-state index in [1.54, 1.807) is 0 Å². The molecule has 2 aromatic carbocycles. The van der Waals surface area contributed by atoms with Crippen LogP contribution in [0.5, 0.6) is 0 Å². The van der Waals surface area contributed by atoms with Crippen LogP contribution in [0.15, 0.2) is 54.6 Å². The van der Waals surface area contributed by atoms with Gasteiger partial charge in [0.2, 0.25) is 0 Å². The molecule has 18 heavy (non-hydrogen) atoms. The van der Waals surface area contributed by atoms with E-state index in [2.05, 4.69) is 36.4 Å². The fourth-order valence-corrected chi connectivity index (χ4v) is 2.28. The third kappa shape index (κ3) is 2.05. The van der Waals surface area contributed by atoms with Crippen LogP contribution in [-0.4, -0.2) is 13.2 Å². The minimum absolute atomic E-state index is 0.574. The van der Waals surface area contributed by atoms with E-state index in [9.17, 15) is 0 Å². The van der Waals surface area contributed by atoms with Gasteiger partial charge in [-0.15, -0.1) is 0 Å². The van der Waals surface area contributed by atoms with E-state index >= 15 is 0 Å². The van der Waals surface area contributed by atoms with Gasteiger partial charge < -0.3 is 9.47 Å². The van der Waals surface area contributed by atoms with E-state index in [0.717, 1.165) is 5.56 Å². The van der Waals surface area contributed by atoms with E-state index in [0.29, 0.717) is 13.2 Å². The van der Waals surface area contributed by atoms with Crippen molar-refractivity contribution in [3.63, 3.8) is 0 Å². The Bertz CT molecular complexity index is 511. The Labute approximate surface area is 107 Å². The Balaban J connectivity index is 1.90. The first-order valence-corrected chi connectivity index (χ1v) is 6.22. The molecule has 1 heterocycles. The lowest BCUT2D eigenvalue weighted by Gasteiger charge is -2.22. The highest BCUT2D eigenvalue weighted by Crippen LogP contribution is 2.32. The van der Waals surface area contributed by atoms with E-state index in [1.165, 1.54) is 11.1 Å². The number of benzene rings is 2. The number of rotatable bonds is 2. The van der Waals surface area contributed by atoms with Crippen LogP contribution in [-0.2, 0) is 15.3 Å². The molecule has 2 nitrogen and oxygen atoms in total. The summed E-state index contributed by atoms with van der Waals surface area (Å²) in [6.07, 6.45) is 0. The Kier molecular flexibility index (Phi) is 2.90. The molecule has 2 heteroatoms. The van der Waals surface area contributed by atoms with Crippen LogP contribution in [0.2, 0.25) is 0 Å². The molecule has 1 fully saturated rings. The van der Waals surface area contributed by atoms with Crippen LogP contribution in [0.25, 0.3) is 11.1 Å². The summed E-state index contributed by atoms with van der Waals surface area (Å²) in [5.41, 5.74) is 3.50. The second kappa shape index (κ2) is 4.56. The van der Waals surface area contributed by atoms with Gasteiger partial charge in [-0.3, -0.25) is 0 Å². The van der Waals surface area contributed by atoms with Crippen LogP contribution in [0.4, 0.5) is 0 Å². The molecule has 0 radical (unpaired) electrons. The normalized spacial score (nSPS) is 17.8. The molecule has 0 unspecified atom stereocenters. The molecular weight excluding hydrogens is 224 g/mol. The van der Waals surface area contributed by atoms with Gasteiger partial charge >= 0.3 is 0 Å². The molecule has 0 aliphatic carbocycles. The lowest BCUT2D eigenvalue weighted by Crippen LogP contribution is -2.22. The van der Waals surface area contributed by atoms with Crippen molar-refractivity contribution in [1.82, 2.24) is 0 Å². The zero-order valence-electron chi connectivity index (χ0n) is 10.4. The number of ether oxygens (including phenoxy) is 2. The third-order valence-electron chi connectivity index (χ3n) is 3.35. The van der Waals surface area contributed by atoms with E-state index < -0.39 is 5.79 Å². The van der Waals surface area contributed by atoms with E-state index in [-0.39, 0.29) is 0 Å². The van der Waals surface area contributed by atoms with Crippen molar-refractivity contribution in [3.05, 3.63) is 60.2 Å². The van der Waals surface area contributed by atoms with Crippen LogP contribution in [0.1, 0.15) is 12.5 Å². The van der Waals surface area contributed by atoms with Crippen LogP contribution < -0.4 is 0 Å². The van der Waals surface area contributed by atoms with E-state index in [4.69, 9.17) is 9.47 Å². The molecule has 1 saturated heterocycles. The van der Waals surface area contributed by atoms with Crippen LogP contribution in [0, 0.1) is 0 Å². The minimum Gasteiger partial charge on any atom is -0.344 e. The van der Waals surface area contributed by atoms with Crippen molar-refractivity contribution in [2.45, 2.75) is 12.7 Å². The second-order valence-electron chi connectivity index (χ2n) is 4.59. The van der Waals surface area contributed by atoms with Crippen molar-refractivity contribution in [2.75, 3.05) is 13.2 Å². The van der Waals surface area contributed by atoms with Gasteiger partial charge in [0, 0.05) is 5.56 Å². The summed E-state index contributed by atoms with van der Waals surface area (Å²) in [5, 5.41) is 0. The Morgan fingerprint density at radius 2 is 1.33 bits per heavy atom. The van der Waals surface area contributed by atoms with Gasteiger partial charge in [-0.25, -0.2) is 0 Å². The van der Waals surface area contributed by atoms with Crippen molar-refractivity contribution in [1.29, 1.82) is 0 Å². The summed E-state index contributed by atoms with van der Waals surface area (Å²) in [4.78, 5) is 0. The molecule has 1 aliphatic heterocycles. The fourth-order valence-electron chi connectivity index (χ4n) is 2.28. The van der Waals surface area contributed by atoms with Gasteiger partial charge in [-0.2, -0.15) is 0 Å². The molecule has 1 aliphatic rings. The summed E-state index contributed by atoms with van der Waals surface area (Å²) in [5.74, 6) is -0.574. The largest absolute Gasteiger partial charge is 0.344 e. The Morgan fingerprint density at radius 1 is 0.778 bits per heavy atom. The zero-order valence-corrected chi connectivity index (χ0v) is 10.4. The van der Waals surface area contributed by atoms with Crippen molar-refractivity contribution in [2.24, 2.45) is 0 Å². The second-order valence-corrected chi connectivity index (χ2v) is 4.59. The molecule has 3 rings (SSSR count). The maximum atomic E-state index is 5.65. The maximum absolute atomic E-state index is 5.65. The molecule has 0 aromatic heterocycles. The summed E-state index contributed by atoms with van der Waals surface area (Å²) < 4.78 is 11.3. The lowest BCUT2D eigenvalue weighted by atomic mass is 10.0. The van der Waals surface area contributed by atoms with Gasteiger partial charge in [-0.1, -0.05) is 54.6 Å². The summed E-state index contributed by atoms with van der Waals surface area (Å²) in [6, 6.07) is 18.7. The van der Waals surface area contributed by atoms with Crippen LogP contribution in [0.3, 0.4) is 0 Å². The summed E-state index contributed by atoms with van der Waals surface area (Å²) >= 11 is 0. The monoisotopic (exact) mass is 240 g/mol. The quantitative estimate of drug-likeness (QED) is 0.799. The highest BCUT2D eigenvalue weighted by atomic mass is 16.7. The smallest absolute Gasteiger partial charge is 0.192 e. The highest BCUT2D eigenvalue weighted by Gasteiger charge is 2.32. The maximum Gasteiger partial charge on any atom is 0.192 e. The average Bonchev–Trinajstić information content (AvgIpc) is 2.88. The lowest BCUT2D eigenvalue weighted by molar-refractivity contribution is -0.149. The first-order valence-electron chi connectivity index (χ1n) is 6.22. The Morgan fingerprint density at radius 3 is 1.94 bits per heavy atom. The molecule has 0 N–H and O–H groups in total. The van der Waals surface area contributed by atoms with Crippen molar-refractivity contribution >= 4 is 0 Å². The highest BCUT2D eigenvalue weighted by molar-refractivity contribution is 5.63. The molecule has 2 aromatic rings. The first kappa shape index (κ1) is 11.5. The molecule has 92 valence electrons. The SMILES string of the molecule is CC1(c2ccc(-c3ccccc3)cc2)OCCO1. The molecule has 0 amide bonds. The molecule has 0 saturated carbocycles. The molecule has 0 spiro atoms. The predicted octanol–water partition coefficient (Wildman–Crippen LogP) is 3.57. The zero-order chi connectivity index (χ0) is 12.4. The minimum atomic E-state index is -0.574. The average molecular weight is 240 g/mol. The van der Waals surface area contributed by atoms with Gasteiger partial charge in [0.05, 0.1) is 13.2 Å². The van der Waals surface area contributed by atoms with Crippen LogP contribution >= 0.6 is 0 Å². The topological polar surface area (TPSA) is 18.5 Å². The van der Waals surface area contributed by atoms with Gasteiger partial charge in [0.1, 0.15) is 0 Å². The fraction of sp³-hybridized carbons (Fsp3) is 0.250. The number of hydrogen-bond donors (Lipinski definition) is 0. The molecule has 0 bridgehead atoms. The summed E-state index contributed by atoms with van der Waals surface area (Å²) in [7, 11) is 0. The van der Waals surface area contributed by atoms with Crippen molar-refractivity contribution in [3.8, 4) is 11.1 Å².